The Morgan fingerprint density at radius 3 is 2.52 bits per heavy atom. The number of nitrogens with zero attached hydrogens (tertiary/aromatic N) is 1. The molecule has 1 atom stereocenters. The molecule has 1 amide bonds. The summed E-state index contributed by atoms with van der Waals surface area (Å²) in [5.74, 6) is 1.38. The molecule has 0 aromatic heterocycles. The molecule has 130 valence electrons. The zero-order valence-electron chi connectivity index (χ0n) is 14.4. The zero-order chi connectivity index (χ0) is 17.2. The number of rotatable bonds is 4. The lowest BCUT2D eigenvalue weighted by molar-refractivity contribution is -0.118. The van der Waals surface area contributed by atoms with Crippen molar-refractivity contribution in [3.63, 3.8) is 0 Å². The van der Waals surface area contributed by atoms with Crippen LogP contribution >= 0.6 is 0 Å². The Labute approximate surface area is 148 Å². The Kier molecular flexibility index (Phi) is 4.42. The summed E-state index contributed by atoms with van der Waals surface area (Å²) in [6.45, 7) is 2.65. The molecule has 0 saturated carbocycles. The predicted molar refractivity (Wildman–Crippen MR) is 97.9 cm³/mol. The van der Waals surface area contributed by atoms with Gasteiger partial charge in [0.15, 0.2) is 0 Å². The van der Waals surface area contributed by atoms with Crippen molar-refractivity contribution < 1.29 is 9.53 Å². The number of ether oxygens (including phenoxy) is 1. The van der Waals surface area contributed by atoms with E-state index >= 15 is 0 Å². The number of hydrazine groups is 1. The fourth-order valence-corrected chi connectivity index (χ4v) is 3.73. The summed E-state index contributed by atoms with van der Waals surface area (Å²) in [6, 6.07) is 16.3. The standard InChI is InChI=1S/C20H23N3O2/c1-25-18-4-2-3-15(11-18)19-9-10-23(20(19)24)17-7-5-14(6-8-17)16-12-21-22-13-16/h2-8,11,16,19,21-22H,9-10,12-13H2,1H3. The minimum atomic E-state index is -0.0852. The third-order valence-corrected chi connectivity index (χ3v) is 5.20. The lowest BCUT2D eigenvalue weighted by atomic mass is 9.97. The van der Waals surface area contributed by atoms with Crippen molar-refractivity contribution in [2.75, 3.05) is 31.6 Å². The molecule has 2 heterocycles. The van der Waals surface area contributed by atoms with E-state index in [1.807, 2.05) is 29.2 Å². The minimum Gasteiger partial charge on any atom is -0.497 e. The van der Waals surface area contributed by atoms with Gasteiger partial charge in [-0.05, 0) is 41.8 Å². The Balaban J connectivity index is 1.51. The summed E-state index contributed by atoms with van der Waals surface area (Å²) < 4.78 is 5.29. The van der Waals surface area contributed by atoms with Gasteiger partial charge in [0.2, 0.25) is 5.91 Å². The second-order valence-electron chi connectivity index (χ2n) is 6.66. The third kappa shape index (κ3) is 3.13. The molecule has 2 aromatic rings. The maximum atomic E-state index is 12.9. The van der Waals surface area contributed by atoms with Gasteiger partial charge in [0, 0.05) is 31.2 Å². The Morgan fingerprint density at radius 2 is 1.80 bits per heavy atom. The molecule has 0 spiro atoms. The molecule has 2 N–H and O–H groups in total. The van der Waals surface area contributed by atoms with Gasteiger partial charge in [0.05, 0.1) is 13.0 Å². The molecule has 0 aliphatic carbocycles. The van der Waals surface area contributed by atoms with E-state index in [1.54, 1.807) is 7.11 Å². The number of methoxy groups -OCH3 is 1. The SMILES string of the molecule is COc1cccc(C2CCN(c3ccc(C4CNNC4)cc3)C2=O)c1. The molecule has 25 heavy (non-hydrogen) atoms. The highest BCUT2D eigenvalue weighted by atomic mass is 16.5. The van der Waals surface area contributed by atoms with Crippen molar-refractivity contribution in [2.24, 2.45) is 0 Å². The summed E-state index contributed by atoms with van der Waals surface area (Å²) >= 11 is 0. The third-order valence-electron chi connectivity index (χ3n) is 5.20. The second-order valence-corrected chi connectivity index (χ2v) is 6.66. The normalized spacial score (nSPS) is 21.1. The van der Waals surface area contributed by atoms with Crippen LogP contribution in [0.25, 0.3) is 0 Å². The van der Waals surface area contributed by atoms with Gasteiger partial charge >= 0.3 is 0 Å². The van der Waals surface area contributed by atoms with Crippen molar-refractivity contribution in [3.05, 3.63) is 59.7 Å². The molecule has 2 fully saturated rings. The minimum absolute atomic E-state index is 0.0852. The van der Waals surface area contributed by atoms with Gasteiger partial charge in [0.25, 0.3) is 0 Å². The number of carbonyl (C=O) groups excluding carboxylic acids is 1. The van der Waals surface area contributed by atoms with Crippen LogP contribution in [0.4, 0.5) is 5.69 Å². The molecule has 2 saturated heterocycles. The number of hydrogen-bond acceptors (Lipinski definition) is 4. The van der Waals surface area contributed by atoms with Crippen LogP contribution < -0.4 is 20.5 Å². The highest BCUT2D eigenvalue weighted by molar-refractivity contribution is 6.00. The first kappa shape index (κ1) is 16.1. The monoisotopic (exact) mass is 337 g/mol. The van der Waals surface area contributed by atoms with E-state index in [9.17, 15) is 4.79 Å². The zero-order valence-corrected chi connectivity index (χ0v) is 14.4. The number of nitrogens with one attached hydrogen (secondary N) is 2. The van der Waals surface area contributed by atoms with Crippen LogP contribution in [0.1, 0.15) is 29.4 Å². The average molecular weight is 337 g/mol. The van der Waals surface area contributed by atoms with Crippen LogP contribution in [0.2, 0.25) is 0 Å². The van der Waals surface area contributed by atoms with Gasteiger partial charge in [-0.1, -0.05) is 24.3 Å². The fourth-order valence-electron chi connectivity index (χ4n) is 3.73. The molecule has 2 aliphatic rings. The van der Waals surface area contributed by atoms with Crippen molar-refractivity contribution in [1.82, 2.24) is 10.9 Å². The first-order valence-electron chi connectivity index (χ1n) is 8.77. The fraction of sp³-hybridized carbons (Fsp3) is 0.350. The molecule has 5 heteroatoms. The molecular weight excluding hydrogens is 314 g/mol. The topological polar surface area (TPSA) is 53.6 Å². The van der Waals surface area contributed by atoms with Crippen molar-refractivity contribution >= 4 is 11.6 Å². The molecular formula is C20H23N3O2. The van der Waals surface area contributed by atoms with Gasteiger partial charge in [-0.25, -0.2) is 0 Å². The van der Waals surface area contributed by atoms with Gasteiger partial charge in [-0.15, -0.1) is 0 Å². The molecule has 0 radical (unpaired) electrons. The Hall–Kier alpha value is -2.37. The summed E-state index contributed by atoms with van der Waals surface area (Å²) in [7, 11) is 1.65. The molecule has 2 aromatic carbocycles. The number of benzene rings is 2. The van der Waals surface area contributed by atoms with E-state index < -0.39 is 0 Å². The summed E-state index contributed by atoms with van der Waals surface area (Å²) in [4.78, 5) is 14.8. The lowest BCUT2D eigenvalue weighted by Gasteiger charge is -2.18. The van der Waals surface area contributed by atoms with Crippen LogP contribution in [-0.2, 0) is 4.79 Å². The van der Waals surface area contributed by atoms with E-state index in [1.165, 1.54) is 5.56 Å². The summed E-state index contributed by atoms with van der Waals surface area (Å²) in [6.07, 6.45) is 0.838. The number of anilines is 1. The highest BCUT2D eigenvalue weighted by Crippen LogP contribution is 2.34. The van der Waals surface area contributed by atoms with Gasteiger partial charge in [-0.3, -0.25) is 15.6 Å². The molecule has 4 rings (SSSR count). The Morgan fingerprint density at radius 1 is 1.04 bits per heavy atom. The first-order valence-corrected chi connectivity index (χ1v) is 8.77. The number of amides is 1. The van der Waals surface area contributed by atoms with E-state index in [-0.39, 0.29) is 11.8 Å². The van der Waals surface area contributed by atoms with Crippen LogP contribution in [-0.4, -0.2) is 32.7 Å². The summed E-state index contributed by atoms with van der Waals surface area (Å²) in [5.41, 5.74) is 9.63. The van der Waals surface area contributed by atoms with E-state index in [0.717, 1.165) is 43.1 Å². The smallest absolute Gasteiger partial charge is 0.234 e. The number of carbonyl (C=O) groups is 1. The van der Waals surface area contributed by atoms with Crippen molar-refractivity contribution in [3.8, 4) is 5.75 Å². The summed E-state index contributed by atoms with van der Waals surface area (Å²) in [5, 5.41) is 0. The van der Waals surface area contributed by atoms with Crippen LogP contribution in [0.3, 0.4) is 0 Å². The second kappa shape index (κ2) is 6.86. The van der Waals surface area contributed by atoms with Gasteiger partial charge in [-0.2, -0.15) is 0 Å². The van der Waals surface area contributed by atoms with E-state index in [2.05, 4.69) is 35.1 Å². The predicted octanol–water partition coefficient (Wildman–Crippen LogP) is 2.41. The molecule has 0 bridgehead atoms. The van der Waals surface area contributed by atoms with Crippen LogP contribution in [0.15, 0.2) is 48.5 Å². The molecule has 2 aliphatic heterocycles. The van der Waals surface area contributed by atoms with E-state index in [0.29, 0.717) is 5.92 Å². The van der Waals surface area contributed by atoms with E-state index in [4.69, 9.17) is 4.74 Å². The maximum Gasteiger partial charge on any atom is 0.234 e. The lowest BCUT2D eigenvalue weighted by Crippen LogP contribution is -2.26. The number of hydrogen-bond donors (Lipinski definition) is 2. The van der Waals surface area contributed by atoms with Gasteiger partial charge < -0.3 is 9.64 Å². The Bertz CT molecular complexity index is 754. The first-order chi connectivity index (χ1) is 12.3. The van der Waals surface area contributed by atoms with Crippen molar-refractivity contribution in [1.29, 1.82) is 0 Å². The van der Waals surface area contributed by atoms with Crippen LogP contribution in [0, 0.1) is 0 Å². The molecule has 1 unspecified atom stereocenters. The maximum absolute atomic E-state index is 12.9. The van der Waals surface area contributed by atoms with Crippen LogP contribution in [0.5, 0.6) is 5.75 Å². The highest BCUT2D eigenvalue weighted by Gasteiger charge is 2.33. The van der Waals surface area contributed by atoms with Gasteiger partial charge in [0.1, 0.15) is 5.75 Å². The molecule has 5 nitrogen and oxygen atoms in total. The average Bonchev–Trinajstić information content (AvgIpc) is 3.32. The van der Waals surface area contributed by atoms with Crippen molar-refractivity contribution in [2.45, 2.75) is 18.3 Å². The largest absolute Gasteiger partial charge is 0.497 e. The quantitative estimate of drug-likeness (QED) is 0.900.